The van der Waals surface area contributed by atoms with Crippen molar-refractivity contribution < 1.29 is 32.2 Å². The normalized spacial score (nSPS) is 11.2. The van der Waals surface area contributed by atoms with Crippen LogP contribution in [-0.4, -0.2) is 27.3 Å². The lowest BCUT2D eigenvalue weighted by Crippen LogP contribution is -2.16. The molecular weight excluding hydrogens is 492 g/mol. The third-order valence-electron chi connectivity index (χ3n) is 5.28. The number of carbonyl (C=O) groups excluding carboxylic acids is 1. The van der Waals surface area contributed by atoms with Crippen molar-refractivity contribution in [3.63, 3.8) is 0 Å². The lowest BCUT2D eigenvalue weighted by atomic mass is 10.1. The van der Waals surface area contributed by atoms with E-state index in [0.29, 0.717) is 22.5 Å². The minimum absolute atomic E-state index is 0.00816. The van der Waals surface area contributed by atoms with Gasteiger partial charge in [-0.15, -0.1) is 13.2 Å². The van der Waals surface area contributed by atoms with Gasteiger partial charge < -0.3 is 20.5 Å². The third-order valence-corrected chi connectivity index (χ3v) is 5.28. The smallest absolute Gasteiger partial charge is 0.508 e. The van der Waals surface area contributed by atoms with Crippen LogP contribution in [0.2, 0.25) is 0 Å². The van der Waals surface area contributed by atoms with Crippen LogP contribution in [0.1, 0.15) is 21.5 Å². The quantitative estimate of drug-likeness (QED) is 0.255. The Morgan fingerprint density at radius 3 is 2.35 bits per heavy atom. The molecule has 4 aromatic rings. The van der Waals surface area contributed by atoms with E-state index in [1.165, 1.54) is 54.7 Å². The Labute approximate surface area is 208 Å². The molecule has 0 aliphatic heterocycles. The molecule has 3 aromatic carbocycles. The third kappa shape index (κ3) is 6.31. The molecule has 0 aliphatic rings. The van der Waals surface area contributed by atoms with Crippen LogP contribution in [0.3, 0.4) is 0 Å². The second-order valence-corrected chi connectivity index (χ2v) is 8.07. The number of amides is 1. The molecule has 190 valence electrons. The first-order valence-corrected chi connectivity index (χ1v) is 10.9. The summed E-state index contributed by atoms with van der Waals surface area (Å²) in [6.07, 6.45) is -3.31. The Kier molecular flexibility index (Phi) is 6.96. The lowest BCUT2D eigenvalue weighted by Gasteiger charge is -2.12. The van der Waals surface area contributed by atoms with Crippen LogP contribution in [0.5, 0.6) is 11.5 Å². The summed E-state index contributed by atoms with van der Waals surface area (Å²) in [5.41, 5.74) is 2.75. The number of aromatic hydroxyl groups is 1. The lowest BCUT2D eigenvalue weighted by molar-refractivity contribution is -0.274. The largest absolute Gasteiger partial charge is 0.573 e. The van der Waals surface area contributed by atoms with Crippen LogP contribution in [0, 0.1) is 19.7 Å². The number of aryl methyl sites for hydroxylation is 2. The van der Waals surface area contributed by atoms with Crippen molar-refractivity contribution in [2.75, 3.05) is 10.6 Å². The second-order valence-electron chi connectivity index (χ2n) is 8.07. The van der Waals surface area contributed by atoms with Gasteiger partial charge in [0.05, 0.1) is 11.4 Å². The van der Waals surface area contributed by atoms with Gasteiger partial charge in [-0.05, 0) is 73.5 Å². The molecule has 1 amide bonds. The summed E-state index contributed by atoms with van der Waals surface area (Å²) < 4.78 is 55.9. The summed E-state index contributed by atoms with van der Waals surface area (Å²) >= 11 is 0. The highest BCUT2D eigenvalue weighted by Crippen LogP contribution is 2.29. The molecule has 3 N–H and O–H groups in total. The molecule has 37 heavy (non-hydrogen) atoms. The number of phenolic OH excluding ortho intramolecular Hbond substituents is 1. The molecule has 0 aliphatic carbocycles. The number of hydrogen-bond acceptors (Lipinski definition) is 6. The molecule has 0 saturated carbocycles. The number of hydrogen-bond donors (Lipinski definition) is 3. The molecule has 0 bridgehead atoms. The Balaban J connectivity index is 1.51. The van der Waals surface area contributed by atoms with Crippen LogP contribution in [0.4, 0.5) is 34.9 Å². The number of nitrogens with zero attached hydrogens (tertiary/aromatic N) is 2. The van der Waals surface area contributed by atoms with Crippen LogP contribution in [0.15, 0.2) is 66.9 Å². The second kappa shape index (κ2) is 10.1. The van der Waals surface area contributed by atoms with Gasteiger partial charge in [0.2, 0.25) is 5.95 Å². The highest BCUT2D eigenvalue weighted by Gasteiger charge is 2.31. The van der Waals surface area contributed by atoms with Gasteiger partial charge in [-0.25, -0.2) is 14.4 Å². The van der Waals surface area contributed by atoms with Crippen molar-refractivity contribution in [1.82, 2.24) is 9.97 Å². The molecule has 0 saturated heterocycles. The number of halogens is 4. The van der Waals surface area contributed by atoms with E-state index in [-0.39, 0.29) is 28.7 Å². The number of carbonyl (C=O) groups is 1. The van der Waals surface area contributed by atoms with Gasteiger partial charge in [0.15, 0.2) is 0 Å². The Hall–Kier alpha value is -4.67. The van der Waals surface area contributed by atoms with Crippen molar-refractivity contribution >= 4 is 23.2 Å². The van der Waals surface area contributed by atoms with Gasteiger partial charge in [-0.2, -0.15) is 0 Å². The first kappa shape index (κ1) is 25.4. The SMILES string of the molecule is Cc1ccc(O)cc1NC(=O)c1ccc(Nc2ncc(C)c(-c3ccc(OC(F)(F)F)cc3)n2)c(F)c1. The van der Waals surface area contributed by atoms with E-state index in [9.17, 15) is 27.5 Å². The summed E-state index contributed by atoms with van der Waals surface area (Å²) in [6, 6.07) is 13.5. The van der Waals surface area contributed by atoms with Crippen molar-refractivity contribution in [3.8, 4) is 22.8 Å². The summed E-state index contributed by atoms with van der Waals surface area (Å²) in [5.74, 6) is -1.64. The van der Waals surface area contributed by atoms with E-state index in [1.54, 1.807) is 19.9 Å². The highest BCUT2D eigenvalue weighted by molar-refractivity contribution is 6.05. The van der Waals surface area contributed by atoms with Crippen LogP contribution < -0.4 is 15.4 Å². The highest BCUT2D eigenvalue weighted by atomic mass is 19.4. The number of benzene rings is 3. The van der Waals surface area contributed by atoms with E-state index in [2.05, 4.69) is 25.3 Å². The predicted molar refractivity (Wildman–Crippen MR) is 129 cm³/mol. The van der Waals surface area contributed by atoms with Crippen LogP contribution >= 0.6 is 0 Å². The number of nitrogens with one attached hydrogen (secondary N) is 2. The average molecular weight is 512 g/mol. The standard InChI is InChI=1S/C26H20F4N4O3/c1-14-3-7-18(35)12-22(14)32-24(36)17-6-10-21(20(27)11-17)33-25-31-13-15(2)23(34-25)16-4-8-19(9-5-16)37-26(28,29)30/h3-13,35H,1-2H3,(H,32,36)(H,31,33,34). The zero-order chi connectivity index (χ0) is 26.7. The summed E-state index contributed by atoms with van der Waals surface area (Å²) in [5, 5.41) is 15.0. The van der Waals surface area contributed by atoms with E-state index in [0.717, 1.165) is 11.6 Å². The van der Waals surface area contributed by atoms with E-state index in [4.69, 9.17) is 0 Å². The monoisotopic (exact) mass is 512 g/mol. The molecule has 0 radical (unpaired) electrons. The van der Waals surface area contributed by atoms with Gasteiger partial charge >= 0.3 is 6.36 Å². The maximum Gasteiger partial charge on any atom is 0.573 e. The van der Waals surface area contributed by atoms with E-state index >= 15 is 0 Å². The zero-order valence-corrected chi connectivity index (χ0v) is 19.5. The first-order chi connectivity index (χ1) is 17.5. The summed E-state index contributed by atoms with van der Waals surface area (Å²) in [6.45, 7) is 3.48. The van der Waals surface area contributed by atoms with Gasteiger partial charge in [0, 0.05) is 29.1 Å². The van der Waals surface area contributed by atoms with E-state index in [1.807, 2.05) is 0 Å². The number of aromatic nitrogens is 2. The maximum atomic E-state index is 14.8. The number of anilines is 3. The molecule has 4 rings (SSSR count). The fraction of sp³-hybridized carbons (Fsp3) is 0.115. The Bertz CT molecular complexity index is 1460. The molecule has 1 aromatic heterocycles. The van der Waals surface area contributed by atoms with Crippen LogP contribution in [-0.2, 0) is 0 Å². The fourth-order valence-electron chi connectivity index (χ4n) is 3.43. The number of phenols is 1. The van der Waals surface area contributed by atoms with Crippen molar-refractivity contribution in [2.45, 2.75) is 20.2 Å². The molecule has 0 unspecified atom stereocenters. The topological polar surface area (TPSA) is 96.4 Å². The Morgan fingerprint density at radius 2 is 1.68 bits per heavy atom. The summed E-state index contributed by atoms with van der Waals surface area (Å²) in [7, 11) is 0. The minimum Gasteiger partial charge on any atom is -0.508 e. The maximum absolute atomic E-state index is 14.8. The summed E-state index contributed by atoms with van der Waals surface area (Å²) in [4.78, 5) is 21.1. The van der Waals surface area contributed by atoms with Crippen molar-refractivity contribution in [1.29, 1.82) is 0 Å². The molecule has 0 spiro atoms. The number of ether oxygens (including phenoxy) is 1. The van der Waals surface area contributed by atoms with Gasteiger partial charge in [-0.3, -0.25) is 4.79 Å². The number of rotatable bonds is 6. The zero-order valence-electron chi connectivity index (χ0n) is 19.5. The van der Waals surface area contributed by atoms with E-state index < -0.39 is 18.1 Å². The van der Waals surface area contributed by atoms with Crippen LogP contribution in [0.25, 0.3) is 11.3 Å². The molecule has 0 fully saturated rings. The molecule has 7 nitrogen and oxygen atoms in total. The molecular formula is C26H20F4N4O3. The fourth-order valence-corrected chi connectivity index (χ4v) is 3.43. The first-order valence-electron chi connectivity index (χ1n) is 10.9. The van der Waals surface area contributed by atoms with Gasteiger partial charge in [0.25, 0.3) is 5.91 Å². The van der Waals surface area contributed by atoms with Gasteiger partial charge in [-0.1, -0.05) is 6.07 Å². The Morgan fingerprint density at radius 1 is 0.946 bits per heavy atom. The average Bonchev–Trinajstić information content (AvgIpc) is 2.83. The van der Waals surface area contributed by atoms with Crippen molar-refractivity contribution in [3.05, 3.63) is 89.4 Å². The minimum atomic E-state index is -4.80. The van der Waals surface area contributed by atoms with Crippen molar-refractivity contribution in [2.24, 2.45) is 0 Å². The molecule has 11 heteroatoms. The molecule has 0 atom stereocenters. The number of alkyl halides is 3. The van der Waals surface area contributed by atoms with Gasteiger partial charge in [0.1, 0.15) is 17.3 Å². The molecule has 1 heterocycles. The predicted octanol–water partition coefficient (Wildman–Crippen LogP) is 6.50.